The lowest BCUT2D eigenvalue weighted by Gasteiger charge is -2.13. The molecule has 7 nitrogen and oxygen atoms in total. The Morgan fingerprint density at radius 1 is 1.25 bits per heavy atom. The zero-order chi connectivity index (χ0) is 17.7. The SMILES string of the molecule is CCCC[C@H](NC(=O)c1cc2c(OC)ccc(OC)c2[nH]1)C(=O)O. The van der Waals surface area contributed by atoms with Gasteiger partial charge in [0, 0.05) is 5.39 Å². The maximum absolute atomic E-state index is 12.4. The smallest absolute Gasteiger partial charge is 0.326 e. The lowest BCUT2D eigenvalue weighted by atomic mass is 10.1. The van der Waals surface area contributed by atoms with Crippen LogP contribution in [0.25, 0.3) is 10.9 Å². The van der Waals surface area contributed by atoms with Crippen molar-refractivity contribution in [3.05, 3.63) is 23.9 Å². The van der Waals surface area contributed by atoms with Crippen LogP contribution in [-0.4, -0.2) is 42.2 Å². The van der Waals surface area contributed by atoms with E-state index in [0.29, 0.717) is 28.8 Å². The summed E-state index contributed by atoms with van der Waals surface area (Å²) >= 11 is 0. The number of aromatic amines is 1. The number of fused-ring (bicyclic) bond motifs is 1. The second kappa shape index (κ2) is 7.72. The summed E-state index contributed by atoms with van der Waals surface area (Å²) in [6.07, 6.45) is 1.98. The number of amides is 1. The highest BCUT2D eigenvalue weighted by Crippen LogP contribution is 2.33. The number of H-pyrrole nitrogens is 1. The highest BCUT2D eigenvalue weighted by Gasteiger charge is 2.22. The van der Waals surface area contributed by atoms with Crippen LogP contribution in [-0.2, 0) is 4.79 Å². The van der Waals surface area contributed by atoms with Crippen LogP contribution < -0.4 is 14.8 Å². The van der Waals surface area contributed by atoms with Gasteiger partial charge in [0.15, 0.2) is 0 Å². The number of benzene rings is 1. The maximum atomic E-state index is 12.4. The van der Waals surface area contributed by atoms with Crippen LogP contribution in [0.1, 0.15) is 36.7 Å². The Bertz CT molecular complexity index is 697. The van der Waals surface area contributed by atoms with Crippen LogP contribution in [0.4, 0.5) is 0 Å². The second-order valence-electron chi connectivity index (χ2n) is 5.45. The molecule has 130 valence electrons. The summed E-state index contributed by atoms with van der Waals surface area (Å²) in [6, 6.07) is 4.20. The van der Waals surface area contributed by atoms with Crippen molar-refractivity contribution in [2.24, 2.45) is 0 Å². The van der Waals surface area contributed by atoms with Crippen molar-refractivity contribution in [3.63, 3.8) is 0 Å². The molecule has 7 heteroatoms. The monoisotopic (exact) mass is 334 g/mol. The summed E-state index contributed by atoms with van der Waals surface area (Å²) in [5.41, 5.74) is 0.887. The quantitative estimate of drug-likeness (QED) is 0.689. The maximum Gasteiger partial charge on any atom is 0.326 e. The van der Waals surface area contributed by atoms with Gasteiger partial charge in [0.1, 0.15) is 23.2 Å². The summed E-state index contributed by atoms with van der Waals surface area (Å²) < 4.78 is 10.6. The first-order chi connectivity index (χ1) is 11.5. The van der Waals surface area contributed by atoms with Gasteiger partial charge in [-0.05, 0) is 24.6 Å². The van der Waals surface area contributed by atoms with Crippen molar-refractivity contribution < 1.29 is 24.2 Å². The molecule has 0 unspecified atom stereocenters. The number of carbonyl (C=O) groups excluding carboxylic acids is 1. The molecule has 24 heavy (non-hydrogen) atoms. The summed E-state index contributed by atoms with van der Waals surface area (Å²) in [5.74, 6) is -0.339. The molecule has 0 fully saturated rings. The molecular formula is C17H22N2O5. The van der Waals surface area contributed by atoms with E-state index in [2.05, 4.69) is 10.3 Å². The van der Waals surface area contributed by atoms with Gasteiger partial charge in [-0.3, -0.25) is 4.79 Å². The van der Waals surface area contributed by atoms with Gasteiger partial charge in [0.25, 0.3) is 5.91 Å². The second-order valence-corrected chi connectivity index (χ2v) is 5.45. The number of aromatic nitrogens is 1. The topological polar surface area (TPSA) is 101 Å². The number of hydrogen-bond acceptors (Lipinski definition) is 4. The van der Waals surface area contributed by atoms with Crippen molar-refractivity contribution in [1.82, 2.24) is 10.3 Å². The van der Waals surface area contributed by atoms with E-state index in [1.54, 1.807) is 25.3 Å². The van der Waals surface area contributed by atoms with E-state index < -0.39 is 17.9 Å². The van der Waals surface area contributed by atoms with Crippen LogP contribution in [0.5, 0.6) is 11.5 Å². The zero-order valence-corrected chi connectivity index (χ0v) is 14.0. The molecule has 2 rings (SSSR count). The minimum Gasteiger partial charge on any atom is -0.496 e. The molecule has 1 aromatic carbocycles. The normalized spacial score (nSPS) is 12.0. The minimum absolute atomic E-state index is 0.260. The van der Waals surface area contributed by atoms with E-state index in [-0.39, 0.29) is 5.69 Å². The summed E-state index contributed by atoms with van der Waals surface area (Å²) in [7, 11) is 3.08. The predicted molar refractivity (Wildman–Crippen MR) is 89.8 cm³/mol. The molecule has 1 heterocycles. The molecule has 3 N–H and O–H groups in total. The number of rotatable bonds is 8. The molecule has 0 bridgehead atoms. The van der Waals surface area contributed by atoms with Gasteiger partial charge >= 0.3 is 5.97 Å². The van der Waals surface area contributed by atoms with E-state index in [9.17, 15) is 14.7 Å². The van der Waals surface area contributed by atoms with Gasteiger partial charge in [0.2, 0.25) is 0 Å². The lowest BCUT2D eigenvalue weighted by molar-refractivity contribution is -0.139. The van der Waals surface area contributed by atoms with E-state index in [0.717, 1.165) is 12.8 Å². The predicted octanol–water partition coefficient (Wildman–Crippen LogP) is 2.56. The van der Waals surface area contributed by atoms with Crippen molar-refractivity contribution in [3.8, 4) is 11.5 Å². The highest BCUT2D eigenvalue weighted by atomic mass is 16.5. The van der Waals surface area contributed by atoms with E-state index in [4.69, 9.17) is 9.47 Å². The standard InChI is InChI=1S/C17H22N2O5/c1-4-5-6-11(17(21)22)19-16(20)12-9-10-13(23-2)7-8-14(24-3)15(10)18-12/h7-9,11,18H,4-6H2,1-3H3,(H,19,20)(H,21,22)/t11-/m0/s1. The molecular weight excluding hydrogens is 312 g/mol. The fourth-order valence-electron chi connectivity index (χ4n) is 2.54. The first kappa shape index (κ1) is 17.7. The molecule has 0 radical (unpaired) electrons. The summed E-state index contributed by atoms with van der Waals surface area (Å²) in [5, 5.41) is 12.5. The summed E-state index contributed by atoms with van der Waals surface area (Å²) in [6.45, 7) is 1.97. The number of nitrogens with one attached hydrogen (secondary N) is 2. The van der Waals surface area contributed by atoms with E-state index in [1.165, 1.54) is 7.11 Å². The number of aliphatic carboxylic acids is 1. The molecule has 0 saturated heterocycles. The van der Waals surface area contributed by atoms with Gasteiger partial charge in [-0.1, -0.05) is 19.8 Å². The van der Waals surface area contributed by atoms with E-state index in [1.807, 2.05) is 6.92 Å². The molecule has 2 aromatic rings. The van der Waals surface area contributed by atoms with Crippen molar-refractivity contribution in [1.29, 1.82) is 0 Å². The number of carbonyl (C=O) groups is 2. The third-order valence-electron chi connectivity index (χ3n) is 3.85. The number of carboxylic acid groups (broad SMARTS) is 1. The molecule has 1 aromatic heterocycles. The molecule has 0 aliphatic heterocycles. The van der Waals surface area contributed by atoms with Crippen molar-refractivity contribution in [2.45, 2.75) is 32.2 Å². The van der Waals surface area contributed by atoms with Crippen LogP contribution in [0.15, 0.2) is 18.2 Å². The Morgan fingerprint density at radius 3 is 2.50 bits per heavy atom. The number of unbranched alkanes of at least 4 members (excludes halogenated alkanes) is 1. The Balaban J connectivity index is 2.30. The van der Waals surface area contributed by atoms with Gasteiger partial charge in [-0.25, -0.2) is 4.79 Å². The Morgan fingerprint density at radius 2 is 1.92 bits per heavy atom. The van der Waals surface area contributed by atoms with Gasteiger partial charge in [-0.15, -0.1) is 0 Å². The van der Waals surface area contributed by atoms with Crippen molar-refractivity contribution in [2.75, 3.05) is 14.2 Å². The van der Waals surface area contributed by atoms with Gasteiger partial charge in [-0.2, -0.15) is 0 Å². The van der Waals surface area contributed by atoms with Gasteiger partial charge < -0.3 is 24.9 Å². The van der Waals surface area contributed by atoms with Crippen LogP contribution in [0.2, 0.25) is 0 Å². The third kappa shape index (κ3) is 3.61. The molecule has 1 amide bonds. The molecule has 1 atom stereocenters. The highest BCUT2D eigenvalue weighted by molar-refractivity contribution is 6.02. The Kier molecular flexibility index (Phi) is 5.68. The fraction of sp³-hybridized carbons (Fsp3) is 0.412. The average Bonchev–Trinajstić information content (AvgIpc) is 3.02. The molecule has 0 aliphatic rings. The zero-order valence-electron chi connectivity index (χ0n) is 14.0. The fourth-order valence-corrected chi connectivity index (χ4v) is 2.54. The van der Waals surface area contributed by atoms with Gasteiger partial charge in [0.05, 0.1) is 19.7 Å². The Labute approximate surface area is 140 Å². The van der Waals surface area contributed by atoms with E-state index >= 15 is 0 Å². The van der Waals surface area contributed by atoms with Crippen LogP contribution >= 0.6 is 0 Å². The third-order valence-corrected chi connectivity index (χ3v) is 3.85. The minimum atomic E-state index is -1.04. The van der Waals surface area contributed by atoms with Crippen LogP contribution in [0.3, 0.4) is 0 Å². The summed E-state index contributed by atoms with van der Waals surface area (Å²) in [4.78, 5) is 26.7. The van der Waals surface area contributed by atoms with Crippen LogP contribution in [0, 0.1) is 0 Å². The largest absolute Gasteiger partial charge is 0.496 e. The first-order valence-electron chi connectivity index (χ1n) is 7.79. The number of methoxy groups -OCH3 is 2. The first-order valence-corrected chi connectivity index (χ1v) is 7.79. The molecule has 0 aliphatic carbocycles. The molecule has 0 saturated carbocycles. The van der Waals surface area contributed by atoms with Crippen molar-refractivity contribution >= 4 is 22.8 Å². The number of hydrogen-bond donors (Lipinski definition) is 3. The Hall–Kier alpha value is -2.70. The lowest BCUT2D eigenvalue weighted by Crippen LogP contribution is -2.40. The average molecular weight is 334 g/mol. The number of carboxylic acids is 1. The molecule has 0 spiro atoms. The number of ether oxygens (including phenoxy) is 2.